The first kappa shape index (κ1) is 24.9. The highest BCUT2D eigenvalue weighted by Crippen LogP contribution is 2.71. The van der Waals surface area contributed by atoms with Crippen molar-refractivity contribution in [3.63, 3.8) is 0 Å². The molecular formula is C27H23F3N2O6. The summed E-state index contributed by atoms with van der Waals surface area (Å²) in [5.74, 6) is -2.73. The first-order valence-corrected chi connectivity index (χ1v) is 12.2. The molecule has 0 unspecified atom stereocenters. The molecule has 6 atom stereocenters. The second kappa shape index (κ2) is 8.02. The van der Waals surface area contributed by atoms with E-state index in [2.05, 4.69) is 0 Å². The topological polar surface area (TPSA) is 109 Å². The molecule has 0 saturated carbocycles. The third-order valence-corrected chi connectivity index (χ3v) is 8.56. The van der Waals surface area contributed by atoms with Gasteiger partial charge in [-0.2, -0.15) is 18.4 Å². The molecule has 4 aliphatic heterocycles. The molecule has 2 aromatic rings. The molecule has 8 nitrogen and oxygen atoms in total. The van der Waals surface area contributed by atoms with Crippen molar-refractivity contribution >= 4 is 17.6 Å². The second-order valence-electron chi connectivity index (χ2n) is 10.4. The molecule has 1 spiro atoms. The van der Waals surface area contributed by atoms with E-state index in [9.17, 15) is 33.1 Å². The summed E-state index contributed by atoms with van der Waals surface area (Å²) in [7, 11) is 0. The van der Waals surface area contributed by atoms with E-state index in [1.165, 1.54) is 19.1 Å². The van der Waals surface area contributed by atoms with Gasteiger partial charge in [0.2, 0.25) is 5.91 Å². The van der Waals surface area contributed by atoms with Crippen LogP contribution in [0.3, 0.4) is 0 Å². The summed E-state index contributed by atoms with van der Waals surface area (Å²) in [6, 6.07) is 13.3. The van der Waals surface area contributed by atoms with Crippen LogP contribution < -0.4 is 4.90 Å². The van der Waals surface area contributed by atoms with Crippen molar-refractivity contribution in [2.75, 3.05) is 11.5 Å². The summed E-state index contributed by atoms with van der Waals surface area (Å²) in [5.41, 5.74) is -6.17. The lowest BCUT2D eigenvalue weighted by atomic mass is 9.55. The summed E-state index contributed by atoms with van der Waals surface area (Å²) in [5, 5.41) is 20.3. The van der Waals surface area contributed by atoms with Gasteiger partial charge in [0.25, 0.3) is 0 Å². The number of aliphatic hydroxyl groups is 1. The van der Waals surface area contributed by atoms with Crippen molar-refractivity contribution < 1.29 is 42.1 Å². The van der Waals surface area contributed by atoms with Crippen LogP contribution in [0, 0.1) is 22.7 Å². The van der Waals surface area contributed by atoms with Crippen LogP contribution >= 0.6 is 0 Å². The Morgan fingerprint density at radius 2 is 2.00 bits per heavy atom. The number of ether oxygens (including phenoxy) is 3. The van der Waals surface area contributed by atoms with E-state index in [0.717, 1.165) is 11.0 Å². The van der Waals surface area contributed by atoms with Crippen molar-refractivity contribution in [2.24, 2.45) is 11.3 Å². The third-order valence-electron chi connectivity index (χ3n) is 8.56. The Balaban J connectivity index is 1.49. The summed E-state index contributed by atoms with van der Waals surface area (Å²) >= 11 is 0. The lowest BCUT2D eigenvalue weighted by molar-refractivity contribution is -0.180. The summed E-state index contributed by atoms with van der Waals surface area (Å²) in [6.07, 6.45) is -6.76. The Labute approximate surface area is 215 Å². The third kappa shape index (κ3) is 3.02. The molecule has 4 saturated heterocycles. The monoisotopic (exact) mass is 528 g/mol. The van der Waals surface area contributed by atoms with Gasteiger partial charge in [0.05, 0.1) is 41.4 Å². The Morgan fingerprint density at radius 1 is 1.26 bits per heavy atom. The zero-order valence-corrected chi connectivity index (χ0v) is 20.2. The number of carbonyl (C=O) groups is 2. The molecule has 4 heterocycles. The van der Waals surface area contributed by atoms with E-state index in [1.54, 1.807) is 30.3 Å². The van der Waals surface area contributed by atoms with Gasteiger partial charge in [-0.1, -0.05) is 30.3 Å². The van der Waals surface area contributed by atoms with Gasteiger partial charge in [-0.3, -0.25) is 14.5 Å². The molecule has 11 heteroatoms. The van der Waals surface area contributed by atoms with Gasteiger partial charge in [-0.05, 0) is 30.7 Å². The number of rotatable bonds is 4. The molecule has 2 aromatic carbocycles. The van der Waals surface area contributed by atoms with Gasteiger partial charge in [0.1, 0.15) is 18.4 Å². The molecule has 38 heavy (non-hydrogen) atoms. The van der Waals surface area contributed by atoms with Gasteiger partial charge >= 0.3 is 12.1 Å². The van der Waals surface area contributed by atoms with E-state index in [4.69, 9.17) is 14.2 Å². The average Bonchev–Trinajstić information content (AvgIpc) is 3.41. The van der Waals surface area contributed by atoms with E-state index in [0.29, 0.717) is 11.6 Å². The number of nitriles is 1. The number of alkyl halides is 3. The maximum absolute atomic E-state index is 14.4. The van der Waals surface area contributed by atoms with Gasteiger partial charge < -0.3 is 19.3 Å². The van der Waals surface area contributed by atoms with Gasteiger partial charge in [0.15, 0.2) is 5.41 Å². The molecule has 0 radical (unpaired) electrons. The highest BCUT2D eigenvalue weighted by molar-refractivity contribution is 6.15. The van der Waals surface area contributed by atoms with Crippen molar-refractivity contribution in [1.29, 1.82) is 5.26 Å². The zero-order valence-electron chi connectivity index (χ0n) is 20.2. The predicted octanol–water partition coefficient (Wildman–Crippen LogP) is 3.31. The van der Waals surface area contributed by atoms with Crippen LogP contribution in [0.5, 0.6) is 0 Å². The maximum Gasteiger partial charge on any atom is 0.417 e. The fraction of sp³-hybridized carbons (Fsp3) is 0.444. The molecule has 4 aliphatic rings. The number of carbonyl (C=O) groups excluding carboxylic acids is 2. The Kier molecular flexibility index (Phi) is 5.25. The van der Waals surface area contributed by atoms with Crippen LogP contribution in [-0.2, 0) is 36.6 Å². The number of hydrogen-bond donors (Lipinski definition) is 1. The van der Waals surface area contributed by atoms with Crippen molar-refractivity contribution in [3.8, 4) is 6.07 Å². The SMILES string of the molecule is C[C@]12O[C@@]3(CCO[C@H]4[C@@H]3[C@]1(C(=O)OCc1ccccc1)C(=O)N4c1ccc(C#N)c(C(F)(F)F)c1)C[C@H]2O. The molecule has 1 amide bonds. The smallest absolute Gasteiger partial charge is 0.417 e. The van der Waals surface area contributed by atoms with Crippen LogP contribution in [0.2, 0.25) is 0 Å². The molecule has 4 fully saturated rings. The molecule has 0 aromatic heterocycles. The quantitative estimate of drug-likeness (QED) is 0.479. The molecule has 2 bridgehead atoms. The Bertz CT molecular complexity index is 1380. The number of benzene rings is 2. The van der Waals surface area contributed by atoms with Crippen LogP contribution in [0.4, 0.5) is 18.9 Å². The number of esters is 1. The Hall–Kier alpha value is -3.46. The number of fused-ring (bicyclic) bond motifs is 2. The number of halogens is 3. The molecule has 0 aliphatic carbocycles. The second-order valence-corrected chi connectivity index (χ2v) is 10.4. The lowest BCUT2D eigenvalue weighted by Crippen LogP contribution is -2.64. The standard InChI is InChI=1S/C27H23F3N2O6/c1-24-19(33)12-25(38-24)9-10-36-21-20(25)26(24,23(35)37-14-15-5-3-2-4-6-15)22(34)32(21)17-8-7-16(13-31)18(11-17)27(28,29)30/h2-8,11,19-21,33H,9-10,12,14H2,1H3/t19-,20+,21+,24-,25+,26-/m1/s1. The van der Waals surface area contributed by atoms with Crippen LogP contribution in [0.1, 0.15) is 36.5 Å². The average molecular weight is 528 g/mol. The van der Waals surface area contributed by atoms with Crippen molar-refractivity contribution in [3.05, 3.63) is 65.2 Å². The minimum Gasteiger partial charge on any atom is -0.460 e. The maximum atomic E-state index is 14.4. The van der Waals surface area contributed by atoms with Crippen LogP contribution in [-0.4, -0.2) is 47.1 Å². The first-order chi connectivity index (χ1) is 18.0. The van der Waals surface area contributed by atoms with E-state index < -0.39 is 64.0 Å². The largest absolute Gasteiger partial charge is 0.460 e. The highest BCUT2D eigenvalue weighted by atomic mass is 19.4. The van der Waals surface area contributed by atoms with Gasteiger partial charge in [-0.15, -0.1) is 0 Å². The number of aliphatic hydroxyl groups excluding tert-OH is 1. The minimum absolute atomic E-state index is 0.102. The molecule has 1 N–H and O–H groups in total. The van der Waals surface area contributed by atoms with Crippen molar-refractivity contribution in [1.82, 2.24) is 0 Å². The summed E-state index contributed by atoms with van der Waals surface area (Å²) in [6.45, 7) is 1.43. The van der Waals surface area contributed by atoms with Crippen LogP contribution in [0.15, 0.2) is 48.5 Å². The number of hydrogen-bond acceptors (Lipinski definition) is 7. The lowest BCUT2D eigenvalue weighted by Gasteiger charge is -2.45. The Morgan fingerprint density at radius 3 is 2.68 bits per heavy atom. The highest BCUT2D eigenvalue weighted by Gasteiger charge is 2.88. The van der Waals surface area contributed by atoms with Gasteiger partial charge in [0, 0.05) is 18.5 Å². The van der Waals surface area contributed by atoms with Gasteiger partial charge in [-0.25, -0.2) is 0 Å². The number of nitrogens with zero attached hydrogens (tertiary/aromatic N) is 2. The molecular weight excluding hydrogens is 505 g/mol. The fourth-order valence-electron chi connectivity index (χ4n) is 6.93. The first-order valence-electron chi connectivity index (χ1n) is 12.2. The fourth-order valence-corrected chi connectivity index (χ4v) is 6.93. The zero-order chi connectivity index (χ0) is 27.1. The summed E-state index contributed by atoms with van der Waals surface area (Å²) in [4.78, 5) is 29.4. The van der Waals surface area contributed by atoms with Crippen molar-refractivity contribution in [2.45, 2.75) is 56.1 Å². The minimum atomic E-state index is -4.86. The predicted molar refractivity (Wildman–Crippen MR) is 123 cm³/mol. The van der Waals surface area contributed by atoms with E-state index in [-0.39, 0.29) is 31.7 Å². The van der Waals surface area contributed by atoms with E-state index in [1.807, 2.05) is 0 Å². The number of anilines is 1. The van der Waals surface area contributed by atoms with Crippen LogP contribution in [0.25, 0.3) is 0 Å². The van der Waals surface area contributed by atoms with E-state index >= 15 is 0 Å². The molecule has 6 rings (SSSR count). The number of amides is 1. The normalized spacial score (nSPS) is 35.2. The summed E-state index contributed by atoms with van der Waals surface area (Å²) < 4.78 is 59.3. The molecule has 198 valence electrons.